The summed E-state index contributed by atoms with van der Waals surface area (Å²) < 4.78 is 5.68. The first kappa shape index (κ1) is 13.8. The molecule has 1 aliphatic rings. The van der Waals surface area contributed by atoms with E-state index in [4.69, 9.17) is 4.42 Å². The van der Waals surface area contributed by atoms with Gasteiger partial charge in [-0.3, -0.25) is 9.78 Å². The maximum absolute atomic E-state index is 12.6. The first-order chi connectivity index (χ1) is 11.3. The first-order valence-electron chi connectivity index (χ1n) is 7.74. The van der Waals surface area contributed by atoms with Crippen molar-refractivity contribution in [2.45, 2.75) is 0 Å². The zero-order chi connectivity index (χ0) is 15.6. The number of hydrogen-bond acceptors (Lipinski definition) is 4. The van der Waals surface area contributed by atoms with E-state index in [1.54, 1.807) is 12.4 Å². The van der Waals surface area contributed by atoms with Crippen LogP contribution < -0.4 is 4.90 Å². The molecule has 0 unspecified atom stereocenters. The van der Waals surface area contributed by atoms with E-state index in [1.165, 1.54) is 0 Å². The number of rotatable bonds is 2. The number of furan rings is 1. The van der Waals surface area contributed by atoms with Gasteiger partial charge >= 0.3 is 0 Å². The van der Waals surface area contributed by atoms with Crippen molar-refractivity contribution in [3.63, 3.8) is 0 Å². The SMILES string of the molecule is O=C(c1cc2ccccc2o1)N1CCN(c2ccncc2)CC1. The fraction of sp³-hybridized carbons (Fsp3) is 0.222. The van der Waals surface area contributed by atoms with E-state index in [1.807, 2.05) is 47.4 Å². The molecular weight excluding hydrogens is 290 g/mol. The number of benzene rings is 1. The number of para-hydroxylation sites is 1. The van der Waals surface area contributed by atoms with Crippen LogP contribution in [0.5, 0.6) is 0 Å². The van der Waals surface area contributed by atoms with E-state index in [0.29, 0.717) is 18.8 Å². The summed E-state index contributed by atoms with van der Waals surface area (Å²) in [6.07, 6.45) is 3.59. The highest BCUT2D eigenvalue weighted by molar-refractivity contribution is 5.96. The largest absolute Gasteiger partial charge is 0.451 e. The Labute approximate surface area is 134 Å². The van der Waals surface area contributed by atoms with Gasteiger partial charge in [-0.1, -0.05) is 18.2 Å². The van der Waals surface area contributed by atoms with Gasteiger partial charge in [-0.25, -0.2) is 0 Å². The topological polar surface area (TPSA) is 49.6 Å². The Bertz CT molecular complexity index is 787. The summed E-state index contributed by atoms with van der Waals surface area (Å²) in [6, 6.07) is 13.5. The van der Waals surface area contributed by atoms with E-state index >= 15 is 0 Å². The highest BCUT2D eigenvalue weighted by Gasteiger charge is 2.24. The number of hydrogen-bond donors (Lipinski definition) is 0. The number of fused-ring (bicyclic) bond motifs is 1. The predicted octanol–water partition coefficient (Wildman–Crippen LogP) is 2.79. The van der Waals surface area contributed by atoms with Crippen LogP contribution in [0.4, 0.5) is 5.69 Å². The minimum atomic E-state index is -0.0319. The maximum Gasteiger partial charge on any atom is 0.289 e. The van der Waals surface area contributed by atoms with Crippen LogP contribution in [-0.2, 0) is 0 Å². The summed E-state index contributed by atoms with van der Waals surface area (Å²) >= 11 is 0. The van der Waals surface area contributed by atoms with E-state index in [9.17, 15) is 4.79 Å². The molecule has 1 aliphatic heterocycles. The Balaban J connectivity index is 1.46. The predicted molar refractivity (Wildman–Crippen MR) is 88.6 cm³/mol. The second-order valence-electron chi connectivity index (χ2n) is 5.63. The number of nitrogens with zero attached hydrogens (tertiary/aromatic N) is 3. The van der Waals surface area contributed by atoms with Crippen LogP contribution in [0.1, 0.15) is 10.6 Å². The maximum atomic E-state index is 12.6. The van der Waals surface area contributed by atoms with E-state index in [0.717, 1.165) is 29.7 Å². The second kappa shape index (κ2) is 5.76. The summed E-state index contributed by atoms with van der Waals surface area (Å²) in [5, 5.41) is 0.964. The second-order valence-corrected chi connectivity index (χ2v) is 5.63. The van der Waals surface area contributed by atoms with Gasteiger partial charge < -0.3 is 14.2 Å². The Kier molecular flexibility index (Phi) is 3.46. The van der Waals surface area contributed by atoms with Crippen LogP contribution in [0.2, 0.25) is 0 Å². The third-order valence-corrected chi connectivity index (χ3v) is 4.23. The third-order valence-electron chi connectivity index (χ3n) is 4.23. The number of pyridine rings is 1. The monoisotopic (exact) mass is 307 g/mol. The van der Waals surface area contributed by atoms with Gasteiger partial charge in [0, 0.05) is 49.6 Å². The molecule has 0 saturated carbocycles. The molecule has 0 N–H and O–H groups in total. The smallest absolute Gasteiger partial charge is 0.289 e. The minimum Gasteiger partial charge on any atom is -0.451 e. The number of anilines is 1. The normalized spacial score (nSPS) is 15.1. The number of aromatic nitrogens is 1. The number of carbonyl (C=O) groups excluding carboxylic acids is 1. The average molecular weight is 307 g/mol. The van der Waals surface area contributed by atoms with Crippen LogP contribution in [-0.4, -0.2) is 42.0 Å². The number of carbonyl (C=O) groups is 1. The molecule has 2 aromatic heterocycles. The molecule has 3 heterocycles. The highest BCUT2D eigenvalue weighted by Crippen LogP contribution is 2.21. The van der Waals surface area contributed by atoms with Gasteiger partial charge in [0.1, 0.15) is 5.58 Å². The lowest BCUT2D eigenvalue weighted by Crippen LogP contribution is -2.48. The van der Waals surface area contributed by atoms with E-state index in [2.05, 4.69) is 9.88 Å². The summed E-state index contributed by atoms with van der Waals surface area (Å²) in [4.78, 5) is 20.8. The van der Waals surface area contributed by atoms with Gasteiger partial charge in [-0.2, -0.15) is 0 Å². The molecule has 0 spiro atoms. The molecule has 23 heavy (non-hydrogen) atoms. The van der Waals surface area contributed by atoms with Crippen molar-refractivity contribution in [1.82, 2.24) is 9.88 Å². The number of piperazine rings is 1. The fourth-order valence-corrected chi connectivity index (χ4v) is 2.97. The summed E-state index contributed by atoms with van der Waals surface area (Å²) in [7, 11) is 0. The van der Waals surface area contributed by atoms with Crippen molar-refractivity contribution in [2.75, 3.05) is 31.1 Å². The molecule has 116 valence electrons. The standard InChI is InChI=1S/C18H17N3O2/c22-18(17-13-14-3-1-2-4-16(14)23-17)21-11-9-20(10-12-21)15-5-7-19-8-6-15/h1-8,13H,9-12H2. The van der Waals surface area contributed by atoms with Gasteiger partial charge in [0.05, 0.1) is 0 Å². The quantitative estimate of drug-likeness (QED) is 0.730. The van der Waals surface area contributed by atoms with E-state index in [-0.39, 0.29) is 5.91 Å². The van der Waals surface area contributed by atoms with Gasteiger partial charge in [0.25, 0.3) is 5.91 Å². The molecule has 0 aliphatic carbocycles. The van der Waals surface area contributed by atoms with Crippen molar-refractivity contribution in [1.29, 1.82) is 0 Å². The summed E-state index contributed by atoms with van der Waals surface area (Å²) in [6.45, 7) is 3.02. The molecule has 1 aromatic carbocycles. The molecular formula is C18H17N3O2. The van der Waals surface area contributed by atoms with Crippen LogP contribution in [0.15, 0.2) is 59.3 Å². The Hall–Kier alpha value is -2.82. The lowest BCUT2D eigenvalue weighted by Gasteiger charge is -2.35. The van der Waals surface area contributed by atoms with E-state index < -0.39 is 0 Å². The fourth-order valence-electron chi connectivity index (χ4n) is 2.97. The van der Waals surface area contributed by atoms with Crippen molar-refractivity contribution in [3.8, 4) is 0 Å². The molecule has 1 amide bonds. The van der Waals surface area contributed by atoms with Crippen molar-refractivity contribution >= 4 is 22.6 Å². The van der Waals surface area contributed by atoms with Crippen LogP contribution in [0.25, 0.3) is 11.0 Å². The van der Waals surface area contributed by atoms with Crippen LogP contribution >= 0.6 is 0 Å². The molecule has 4 rings (SSSR count). The van der Waals surface area contributed by atoms with Crippen LogP contribution in [0.3, 0.4) is 0 Å². The Morgan fingerprint density at radius 2 is 1.74 bits per heavy atom. The van der Waals surface area contributed by atoms with Crippen molar-refractivity contribution < 1.29 is 9.21 Å². The van der Waals surface area contributed by atoms with Gasteiger partial charge in [-0.15, -0.1) is 0 Å². The van der Waals surface area contributed by atoms with Crippen molar-refractivity contribution in [2.24, 2.45) is 0 Å². The van der Waals surface area contributed by atoms with Gasteiger partial charge in [0.2, 0.25) is 0 Å². The Morgan fingerprint density at radius 3 is 2.48 bits per heavy atom. The summed E-state index contributed by atoms with van der Waals surface area (Å²) in [5.41, 5.74) is 1.90. The highest BCUT2D eigenvalue weighted by atomic mass is 16.3. The molecule has 5 heteroatoms. The molecule has 3 aromatic rings. The summed E-state index contributed by atoms with van der Waals surface area (Å²) in [5.74, 6) is 0.388. The average Bonchev–Trinajstić information content (AvgIpc) is 3.06. The molecule has 5 nitrogen and oxygen atoms in total. The zero-order valence-corrected chi connectivity index (χ0v) is 12.7. The molecule has 0 bridgehead atoms. The molecule has 0 atom stereocenters. The lowest BCUT2D eigenvalue weighted by atomic mass is 10.2. The van der Waals surface area contributed by atoms with Gasteiger partial charge in [0.15, 0.2) is 5.76 Å². The lowest BCUT2D eigenvalue weighted by molar-refractivity contribution is 0.0717. The minimum absolute atomic E-state index is 0.0319. The number of amides is 1. The Morgan fingerprint density at radius 1 is 1.00 bits per heavy atom. The molecule has 0 radical (unpaired) electrons. The first-order valence-corrected chi connectivity index (χ1v) is 7.74. The van der Waals surface area contributed by atoms with Crippen LogP contribution in [0, 0.1) is 0 Å². The molecule has 1 fully saturated rings. The van der Waals surface area contributed by atoms with Crippen molar-refractivity contribution in [3.05, 3.63) is 60.6 Å². The zero-order valence-electron chi connectivity index (χ0n) is 12.7. The molecule has 1 saturated heterocycles. The third kappa shape index (κ3) is 2.65. The van der Waals surface area contributed by atoms with Gasteiger partial charge in [-0.05, 0) is 24.3 Å².